The number of benzene rings is 14. The zero-order valence-electron chi connectivity index (χ0n) is 82.7. The van der Waals surface area contributed by atoms with Crippen molar-refractivity contribution in [3.05, 3.63) is 336 Å². The number of alkyl halides is 2. The molecule has 1 aliphatic rings. The number of aliphatic hydroxyl groups is 1. The van der Waals surface area contributed by atoms with Crippen molar-refractivity contribution in [2.24, 2.45) is 0 Å². The SMILES string of the molecule is BrCCc1ccc2ccccc2c1.BrCc1ccc2ccccc2c1.CN(CCCC(=O)NO)Cc1ccc2ccccc2c1.CN(CCCC(=O)O)Cc1ccc2ccccc2c1.CN(CCCCC(=O)NO)CCc1ccc2ccccc2c1.CN(CCCCC(=O)O)CCc1ccc2ccccc2c1.CN1CCCCC1=O.CNCCCCC(=O)O.OCCc1ccc2ccccc2c1.[H-].[Na+]. The number of fused-ring (bicyclic) bond motifs is 7. The monoisotopic (exact) mass is 2010 g/mol. The molecule has 14 aromatic rings. The van der Waals surface area contributed by atoms with Crippen LogP contribution in [0.25, 0.3) is 75.4 Å². The number of aryl methyl sites for hydroxylation is 1. The molecule has 1 saturated heterocycles. The zero-order valence-corrected chi connectivity index (χ0v) is 86.9. The number of nitrogens with one attached hydrogen (secondary N) is 3. The van der Waals surface area contributed by atoms with Gasteiger partial charge in [0.15, 0.2) is 0 Å². The second-order valence-electron chi connectivity index (χ2n) is 34.6. The van der Waals surface area contributed by atoms with Gasteiger partial charge in [-0.1, -0.05) is 317 Å². The van der Waals surface area contributed by atoms with Gasteiger partial charge in [0.2, 0.25) is 17.7 Å². The van der Waals surface area contributed by atoms with Gasteiger partial charge >= 0.3 is 47.5 Å². The number of likely N-dealkylation sites (tertiary alicyclic amines) is 1. The number of halogens is 2. The van der Waals surface area contributed by atoms with Gasteiger partial charge in [0.05, 0.1) is 0 Å². The van der Waals surface area contributed by atoms with Crippen LogP contribution in [0.1, 0.15) is 143 Å². The van der Waals surface area contributed by atoms with E-state index in [9.17, 15) is 28.8 Å². The van der Waals surface area contributed by atoms with E-state index in [1.165, 1.54) is 121 Å². The molecule has 138 heavy (non-hydrogen) atoms. The summed E-state index contributed by atoms with van der Waals surface area (Å²) in [6.07, 6.45) is 15.1. The summed E-state index contributed by atoms with van der Waals surface area (Å²) in [4.78, 5) is 74.1. The minimum absolute atomic E-state index is 0. The molecule has 0 saturated carbocycles. The number of nitrogens with zero attached hydrogens (tertiary/aromatic N) is 5. The van der Waals surface area contributed by atoms with E-state index < -0.39 is 17.9 Å². The van der Waals surface area contributed by atoms with E-state index in [4.69, 9.17) is 30.8 Å². The molecule has 0 aliphatic carbocycles. The minimum Gasteiger partial charge on any atom is -1.00 e. The van der Waals surface area contributed by atoms with Crippen molar-refractivity contribution in [2.45, 2.75) is 147 Å². The number of likely N-dealkylation sites (N-methyl/N-ethyl adjacent to an activating group) is 2. The Morgan fingerprint density at radius 1 is 0.341 bits per heavy atom. The molecule has 0 aromatic heterocycles. The van der Waals surface area contributed by atoms with E-state index in [1.54, 1.807) is 15.9 Å². The number of hydrogen-bond donors (Lipinski definition) is 9. The third-order valence-electron chi connectivity index (χ3n) is 23.2. The maximum Gasteiger partial charge on any atom is 1.00 e. The molecule has 0 atom stereocenters. The number of unbranched alkanes of at least 4 members (excludes halogenated alkanes) is 3. The van der Waals surface area contributed by atoms with Crippen molar-refractivity contribution < 1.29 is 90.6 Å². The van der Waals surface area contributed by atoms with Gasteiger partial charge in [-0.3, -0.25) is 39.2 Å². The topological polar surface area (TPSA) is 276 Å². The number of carboxylic acids is 3. The maximum absolute atomic E-state index is 10.9. The van der Waals surface area contributed by atoms with Gasteiger partial charge < -0.3 is 51.7 Å². The molecule has 0 radical (unpaired) electrons. The van der Waals surface area contributed by atoms with Crippen LogP contribution in [-0.2, 0) is 72.9 Å². The summed E-state index contributed by atoms with van der Waals surface area (Å²) >= 11 is 6.89. The summed E-state index contributed by atoms with van der Waals surface area (Å²) in [6, 6.07) is 104. The summed E-state index contributed by atoms with van der Waals surface area (Å²) in [7, 11) is 12.0. The molecule has 3 amide bonds. The molecule has 0 bridgehead atoms. The molecule has 0 unspecified atom stereocenters. The molecule has 0 spiro atoms. The third-order valence-corrected chi connectivity index (χ3v) is 24.3. The van der Waals surface area contributed by atoms with Crippen molar-refractivity contribution in [2.75, 3.05) is 107 Å². The summed E-state index contributed by atoms with van der Waals surface area (Å²) in [6.45, 7) is 9.35. The van der Waals surface area contributed by atoms with E-state index in [0.29, 0.717) is 31.6 Å². The van der Waals surface area contributed by atoms with Crippen LogP contribution in [0.5, 0.6) is 0 Å². The minimum atomic E-state index is -0.723. The number of rotatable bonds is 38. The Kier molecular flexibility index (Phi) is 57.6. The number of amides is 3. The fourth-order valence-corrected chi connectivity index (χ4v) is 16.2. The predicted octanol–water partition coefficient (Wildman–Crippen LogP) is 20.3. The molecule has 15 rings (SSSR count). The van der Waals surface area contributed by atoms with Gasteiger partial charge in [-0.2, -0.15) is 0 Å². The first kappa shape index (κ1) is 116. The fraction of sp³-hybridized carbons (Fsp3) is 0.339. The van der Waals surface area contributed by atoms with Gasteiger partial charge in [-0.05, 0) is 284 Å². The van der Waals surface area contributed by atoms with Gasteiger partial charge in [-0.15, -0.1) is 0 Å². The quantitative estimate of drug-likeness (QED) is 0.00572. The molecule has 20 nitrogen and oxygen atoms in total. The standard InChI is InChI=1S/C18H24N2O2.C18H23NO2.C16H20N2O2.C16H19NO2.C12H11Br.C12H12O.C11H9Br.C6H13NO2.C6H11NO.Na.H/c1-20(12-5-4-8-18(21)19-22)13-11-15-9-10-16-6-2-3-7-17(16)14-15;1-19(12-5-4-8-18(20)21)13-11-15-9-10-16-6-2-3-7-17(16)14-15;1-18(10-4-7-16(19)17-20)12-13-8-9-14-5-2-3-6-15(14)11-13;1-17(10-4-7-16(18)19)12-13-8-9-14-5-2-3-6-15(14)11-13;2*13-8-7-10-5-6-11-3-1-2-4-12(11)9-10;12-8-9-5-6-10-3-1-2-4-11(10)7-9;1-7-5-3-2-4-6(8)9;1-7-5-3-2-4-6(7)8;;/h2-3,6-7,9-10,14,22H,4-5,8,11-13H2,1H3,(H,19,21);2-3,6-7,9-10,14H,4-5,8,11-13H2,1H3,(H,20,21);2-3,5-6,8-9,11,20H,4,7,10,12H2,1H3,(H,17,19);2-3,5-6,8-9,11H,4,7,10,12H2,1H3,(H,18,19);1-6,9H,7-8H2;1-6,9,13H,7-8H2;1-7H,8H2;7H,2-5H2,1H3,(H,8,9);2-5H2,1H3;;/q;;;;;;;;;+1;-1. The fourth-order valence-electron chi connectivity index (χ4n) is 15.4. The number of aliphatic hydroxyl groups excluding tert-OH is 1. The Morgan fingerprint density at radius 3 is 0.920 bits per heavy atom. The molecule has 23 heteroatoms. The van der Waals surface area contributed by atoms with E-state index >= 15 is 0 Å². The van der Waals surface area contributed by atoms with Gasteiger partial charge in [0.1, 0.15) is 0 Å². The van der Waals surface area contributed by atoms with Crippen LogP contribution in [0.3, 0.4) is 0 Å². The van der Waals surface area contributed by atoms with Crippen molar-refractivity contribution >= 4 is 143 Å². The molecule has 14 aromatic carbocycles. The Morgan fingerprint density at radius 2 is 0.616 bits per heavy atom. The van der Waals surface area contributed by atoms with Crippen LogP contribution in [0.2, 0.25) is 0 Å². The Balaban J connectivity index is 0.000000280. The number of aliphatic carboxylic acids is 3. The van der Waals surface area contributed by atoms with Crippen molar-refractivity contribution in [1.29, 1.82) is 0 Å². The average Bonchev–Trinajstić information content (AvgIpc) is 0.874. The van der Waals surface area contributed by atoms with Crippen LogP contribution >= 0.6 is 31.9 Å². The third kappa shape index (κ3) is 47.3. The Bertz CT molecular complexity index is 5860. The smallest absolute Gasteiger partial charge is 1.00 e. The number of carboxylic acid groups (broad SMARTS) is 3. The molecule has 9 N–H and O–H groups in total. The number of piperidine rings is 1. The second kappa shape index (κ2) is 68.4. The molecule has 730 valence electrons. The largest absolute Gasteiger partial charge is 1.00 e. The van der Waals surface area contributed by atoms with E-state index in [1.807, 2.05) is 64.6 Å². The number of carbonyl (C=O) groups is 6. The summed E-state index contributed by atoms with van der Waals surface area (Å²) in [5.41, 5.74) is 12.5. The molecular formula is C115H143Br2N8NaO12. The summed E-state index contributed by atoms with van der Waals surface area (Å²) in [5, 5.41) is 73.9. The predicted molar refractivity (Wildman–Crippen MR) is 573 cm³/mol. The Labute approximate surface area is 857 Å². The maximum atomic E-state index is 10.9. The molecule has 1 aliphatic heterocycles. The molecule has 1 heterocycles. The van der Waals surface area contributed by atoms with Gasteiger partial charge in [0, 0.05) is 95.6 Å². The van der Waals surface area contributed by atoms with Crippen LogP contribution < -0.4 is 45.8 Å². The van der Waals surface area contributed by atoms with E-state index in [2.05, 4.69) is 332 Å². The van der Waals surface area contributed by atoms with Crippen molar-refractivity contribution in [1.82, 2.24) is 40.8 Å². The summed E-state index contributed by atoms with van der Waals surface area (Å²) in [5.74, 6) is -2.46. The van der Waals surface area contributed by atoms with Crippen molar-refractivity contribution in [3.63, 3.8) is 0 Å². The van der Waals surface area contributed by atoms with Crippen LogP contribution in [0, 0.1) is 0 Å². The molecular weight excluding hydrogens is 1870 g/mol. The van der Waals surface area contributed by atoms with E-state index in [-0.39, 0.29) is 62.2 Å². The average molecular weight is 2010 g/mol. The van der Waals surface area contributed by atoms with Crippen LogP contribution in [-0.4, -0.2) is 198 Å². The first-order valence-corrected chi connectivity index (χ1v) is 49.9. The van der Waals surface area contributed by atoms with Gasteiger partial charge in [-0.25, -0.2) is 11.0 Å². The van der Waals surface area contributed by atoms with Crippen molar-refractivity contribution in [3.8, 4) is 0 Å². The normalized spacial score (nSPS) is 11.3. The molecule has 1 fully saturated rings. The number of hydroxylamine groups is 2. The zero-order chi connectivity index (χ0) is 98.6. The second-order valence-corrected chi connectivity index (χ2v) is 36.0. The number of hydrogen-bond acceptors (Lipinski definition) is 14. The van der Waals surface area contributed by atoms with Crippen LogP contribution in [0.15, 0.2) is 297 Å². The first-order chi connectivity index (χ1) is 66.4. The Hall–Kier alpha value is -10.6. The van der Waals surface area contributed by atoms with E-state index in [0.717, 1.165) is 160 Å². The van der Waals surface area contributed by atoms with Crippen LogP contribution in [0.4, 0.5) is 0 Å². The first-order valence-electron chi connectivity index (χ1n) is 47.7. The summed E-state index contributed by atoms with van der Waals surface area (Å²) < 4.78 is 0. The van der Waals surface area contributed by atoms with Gasteiger partial charge in [0.25, 0.3) is 0 Å². The number of carbonyl (C=O) groups excluding carboxylic acids is 3.